The predicted molar refractivity (Wildman–Crippen MR) is 143 cm³/mol. The summed E-state index contributed by atoms with van der Waals surface area (Å²) in [7, 11) is 3.24. The molecule has 184 valence electrons. The highest BCUT2D eigenvalue weighted by atomic mass is 79.9. The maximum absolute atomic E-state index is 12.2. The molecule has 0 radical (unpaired) electrons. The first-order chi connectivity index (χ1) is 16.5. The summed E-state index contributed by atoms with van der Waals surface area (Å²) in [6.45, 7) is 8.80. The Hall–Kier alpha value is -2.99. The Bertz CT molecular complexity index is 1250. The monoisotopic (exact) mass is 537 g/mol. The molecule has 2 N–H and O–H groups in total. The lowest BCUT2D eigenvalue weighted by atomic mass is 9.72. The molecule has 0 saturated heterocycles. The molecule has 35 heavy (non-hydrogen) atoms. The maximum atomic E-state index is 12.2. The highest BCUT2D eigenvalue weighted by Gasteiger charge is 2.38. The second kappa shape index (κ2) is 9.57. The predicted octanol–water partition coefficient (Wildman–Crippen LogP) is 7.40. The topological polar surface area (TPSA) is 67.8 Å². The van der Waals surface area contributed by atoms with Crippen LogP contribution in [0.1, 0.15) is 72.3 Å². The molecule has 6 heteroatoms. The van der Waals surface area contributed by atoms with Crippen LogP contribution in [0.2, 0.25) is 0 Å². The van der Waals surface area contributed by atoms with Crippen molar-refractivity contribution in [2.24, 2.45) is 5.92 Å². The molecule has 0 aliphatic carbocycles. The minimum absolute atomic E-state index is 0.0572. The van der Waals surface area contributed by atoms with Gasteiger partial charge in [0.05, 0.1) is 31.5 Å². The van der Waals surface area contributed by atoms with E-state index in [0.29, 0.717) is 17.2 Å². The van der Waals surface area contributed by atoms with Crippen molar-refractivity contribution in [2.75, 3.05) is 19.5 Å². The molecule has 1 aliphatic rings. The van der Waals surface area contributed by atoms with Crippen molar-refractivity contribution in [3.05, 3.63) is 86.9 Å². The van der Waals surface area contributed by atoms with Gasteiger partial charge in [-0.3, -0.25) is 0 Å². The third kappa shape index (κ3) is 4.76. The van der Waals surface area contributed by atoms with Crippen LogP contribution in [0.4, 0.5) is 5.69 Å². The number of benzene rings is 3. The van der Waals surface area contributed by atoms with Gasteiger partial charge in [0, 0.05) is 10.4 Å². The van der Waals surface area contributed by atoms with E-state index in [1.807, 2.05) is 24.3 Å². The van der Waals surface area contributed by atoms with Crippen molar-refractivity contribution >= 4 is 27.6 Å². The number of fused-ring (bicyclic) bond motifs is 1. The van der Waals surface area contributed by atoms with Crippen molar-refractivity contribution < 1.29 is 19.4 Å². The van der Waals surface area contributed by atoms with Crippen LogP contribution in [-0.2, 0) is 5.41 Å². The fraction of sp³-hybridized carbons (Fsp3) is 0.345. The Morgan fingerprint density at radius 2 is 1.57 bits per heavy atom. The van der Waals surface area contributed by atoms with E-state index in [1.54, 1.807) is 20.3 Å². The first-order valence-electron chi connectivity index (χ1n) is 11.7. The zero-order valence-electron chi connectivity index (χ0n) is 21.0. The minimum Gasteiger partial charge on any atom is -0.493 e. The first kappa shape index (κ1) is 25.1. The van der Waals surface area contributed by atoms with Crippen molar-refractivity contribution in [1.29, 1.82) is 0 Å². The van der Waals surface area contributed by atoms with Crippen LogP contribution in [0, 0.1) is 5.92 Å². The van der Waals surface area contributed by atoms with E-state index in [4.69, 9.17) is 9.47 Å². The fourth-order valence-electron chi connectivity index (χ4n) is 5.07. The molecule has 3 atom stereocenters. The van der Waals surface area contributed by atoms with Gasteiger partial charge in [-0.2, -0.15) is 0 Å². The Morgan fingerprint density at radius 1 is 0.943 bits per heavy atom. The number of hydrogen-bond donors (Lipinski definition) is 2. The van der Waals surface area contributed by atoms with Crippen LogP contribution in [-0.4, -0.2) is 25.3 Å². The number of aromatic carboxylic acids is 1. The van der Waals surface area contributed by atoms with Crippen LogP contribution in [0.15, 0.2) is 59.1 Å². The van der Waals surface area contributed by atoms with Gasteiger partial charge in [0.15, 0.2) is 11.5 Å². The van der Waals surface area contributed by atoms with E-state index in [-0.39, 0.29) is 28.9 Å². The molecule has 4 rings (SSSR count). The lowest BCUT2D eigenvalue weighted by Gasteiger charge is -2.40. The lowest BCUT2D eigenvalue weighted by molar-refractivity contribution is 0.0697. The molecule has 3 aromatic rings. The Labute approximate surface area is 215 Å². The van der Waals surface area contributed by atoms with Crippen molar-refractivity contribution in [2.45, 2.75) is 45.1 Å². The summed E-state index contributed by atoms with van der Waals surface area (Å²) in [6, 6.07) is 18.2. The van der Waals surface area contributed by atoms with Crippen LogP contribution in [0.5, 0.6) is 11.5 Å². The number of anilines is 1. The standard InChI is InChI=1S/C29H32BrNO4/c1-16-25(18-9-12-23(34-5)24(13-18)35-6)21-14-20(30)15-22(28(32)33)27(21)31-26(16)17-7-10-19(11-8-17)29(2,3)4/h7-16,25-26,31H,1-6H3,(H,32,33)/t16-,25-,26+/m0/s1. The number of nitrogens with one attached hydrogen (secondary N) is 1. The third-order valence-corrected chi connectivity index (χ3v) is 7.41. The van der Waals surface area contributed by atoms with E-state index in [1.165, 1.54) is 5.56 Å². The van der Waals surface area contributed by atoms with E-state index in [0.717, 1.165) is 21.2 Å². The second-order valence-corrected chi connectivity index (χ2v) is 11.1. The molecule has 0 amide bonds. The van der Waals surface area contributed by atoms with Gasteiger partial charge in [-0.05, 0) is 57.9 Å². The van der Waals surface area contributed by atoms with Crippen molar-refractivity contribution in [3.63, 3.8) is 0 Å². The van der Waals surface area contributed by atoms with Crippen LogP contribution in [0.3, 0.4) is 0 Å². The van der Waals surface area contributed by atoms with E-state index >= 15 is 0 Å². The second-order valence-electron chi connectivity index (χ2n) is 10.2. The molecule has 0 spiro atoms. The maximum Gasteiger partial charge on any atom is 0.337 e. The zero-order chi connectivity index (χ0) is 25.5. The molecule has 1 aliphatic heterocycles. The number of carbonyl (C=O) groups is 1. The molecule has 3 aromatic carbocycles. The van der Waals surface area contributed by atoms with Crippen molar-refractivity contribution in [1.82, 2.24) is 0 Å². The number of rotatable bonds is 5. The smallest absolute Gasteiger partial charge is 0.337 e. The molecule has 5 nitrogen and oxygen atoms in total. The molecule has 0 unspecified atom stereocenters. The molecule has 1 heterocycles. The summed E-state index contributed by atoms with van der Waals surface area (Å²) < 4.78 is 11.8. The number of carboxylic acid groups (broad SMARTS) is 1. The SMILES string of the molecule is COc1ccc([C@H]2c3cc(Br)cc(C(=O)O)c3N[C@@H](c3ccc(C(C)(C)C)cc3)[C@H]2C)cc1OC. The van der Waals surface area contributed by atoms with Gasteiger partial charge < -0.3 is 19.9 Å². The van der Waals surface area contributed by atoms with Gasteiger partial charge in [0.1, 0.15) is 0 Å². The summed E-state index contributed by atoms with van der Waals surface area (Å²) in [5, 5.41) is 13.6. The normalized spacial score (nSPS) is 19.5. The summed E-state index contributed by atoms with van der Waals surface area (Å²) in [5.74, 6) is 0.410. The van der Waals surface area contributed by atoms with Gasteiger partial charge >= 0.3 is 5.97 Å². The quantitative estimate of drug-likeness (QED) is 0.355. The summed E-state index contributed by atoms with van der Waals surface area (Å²) in [4.78, 5) is 12.2. The van der Waals surface area contributed by atoms with Crippen LogP contribution in [0.25, 0.3) is 0 Å². The first-order valence-corrected chi connectivity index (χ1v) is 12.5. The van der Waals surface area contributed by atoms with Crippen LogP contribution < -0.4 is 14.8 Å². The largest absolute Gasteiger partial charge is 0.493 e. The Balaban J connectivity index is 1.89. The van der Waals surface area contributed by atoms with Gasteiger partial charge in [0.25, 0.3) is 0 Å². The number of methoxy groups -OCH3 is 2. The Kier molecular flexibility index (Phi) is 6.87. The van der Waals surface area contributed by atoms with E-state index in [9.17, 15) is 9.90 Å². The van der Waals surface area contributed by atoms with Gasteiger partial charge in [-0.25, -0.2) is 4.79 Å². The van der Waals surface area contributed by atoms with Gasteiger partial charge in [-0.15, -0.1) is 0 Å². The number of ether oxygens (including phenoxy) is 2. The molecule has 0 saturated carbocycles. The molecular weight excluding hydrogens is 506 g/mol. The fourth-order valence-corrected chi connectivity index (χ4v) is 5.55. The number of carboxylic acids is 1. The zero-order valence-corrected chi connectivity index (χ0v) is 22.6. The third-order valence-electron chi connectivity index (χ3n) is 6.95. The van der Waals surface area contributed by atoms with E-state index in [2.05, 4.69) is 73.2 Å². The average molecular weight is 538 g/mol. The summed E-state index contributed by atoms with van der Waals surface area (Å²) in [5.41, 5.74) is 5.34. The molecule has 0 bridgehead atoms. The van der Waals surface area contributed by atoms with Gasteiger partial charge in [0.2, 0.25) is 0 Å². The number of hydrogen-bond acceptors (Lipinski definition) is 4. The summed E-state index contributed by atoms with van der Waals surface area (Å²) in [6.07, 6.45) is 0. The lowest BCUT2D eigenvalue weighted by Crippen LogP contribution is -2.32. The molecule has 0 fully saturated rings. The Morgan fingerprint density at radius 3 is 2.14 bits per heavy atom. The highest BCUT2D eigenvalue weighted by molar-refractivity contribution is 9.10. The minimum atomic E-state index is -0.961. The number of halogens is 1. The highest BCUT2D eigenvalue weighted by Crippen LogP contribution is 2.50. The van der Waals surface area contributed by atoms with Gasteiger partial charge in [-0.1, -0.05) is 74.0 Å². The summed E-state index contributed by atoms with van der Waals surface area (Å²) >= 11 is 3.53. The average Bonchev–Trinajstić information content (AvgIpc) is 2.82. The van der Waals surface area contributed by atoms with E-state index < -0.39 is 5.97 Å². The van der Waals surface area contributed by atoms with Crippen LogP contribution >= 0.6 is 15.9 Å². The molecular formula is C29H32BrNO4. The molecule has 0 aromatic heterocycles. The van der Waals surface area contributed by atoms with Crippen molar-refractivity contribution in [3.8, 4) is 11.5 Å².